The first-order chi connectivity index (χ1) is 6.93. The SMILES string of the molecule is C#CCN1C(=O)CC2CCC1(C)C2(C)C. The standard InChI is InChI=1S/C13H19NO/c1-5-8-14-11(15)9-10-6-7-13(14,4)12(10,2)3/h1,10H,6-9H2,2-4H3. The number of amides is 1. The summed E-state index contributed by atoms with van der Waals surface area (Å²) in [6, 6.07) is 0. The number of carbonyl (C=O) groups is 1. The molecule has 2 heteroatoms. The van der Waals surface area contributed by atoms with Gasteiger partial charge in [0.1, 0.15) is 0 Å². The van der Waals surface area contributed by atoms with Crippen molar-refractivity contribution in [2.75, 3.05) is 6.54 Å². The van der Waals surface area contributed by atoms with Gasteiger partial charge in [0.05, 0.1) is 6.54 Å². The third-order valence-corrected chi connectivity index (χ3v) is 4.96. The molecule has 1 aliphatic carbocycles. The van der Waals surface area contributed by atoms with Gasteiger partial charge in [0, 0.05) is 12.0 Å². The van der Waals surface area contributed by atoms with Gasteiger partial charge in [0.25, 0.3) is 0 Å². The highest BCUT2D eigenvalue weighted by molar-refractivity contribution is 5.79. The Morgan fingerprint density at radius 2 is 2.20 bits per heavy atom. The van der Waals surface area contributed by atoms with E-state index in [1.807, 2.05) is 4.90 Å². The second kappa shape index (κ2) is 3.01. The van der Waals surface area contributed by atoms with Gasteiger partial charge < -0.3 is 4.90 Å². The van der Waals surface area contributed by atoms with Gasteiger partial charge in [-0.05, 0) is 31.1 Å². The highest BCUT2D eigenvalue weighted by Crippen LogP contribution is 2.57. The Labute approximate surface area is 92.0 Å². The summed E-state index contributed by atoms with van der Waals surface area (Å²) in [6.07, 6.45) is 8.30. The molecule has 2 aliphatic rings. The summed E-state index contributed by atoms with van der Waals surface area (Å²) in [4.78, 5) is 13.9. The quantitative estimate of drug-likeness (QED) is 0.600. The largest absolute Gasteiger partial charge is 0.326 e. The first-order valence-corrected chi connectivity index (χ1v) is 5.67. The summed E-state index contributed by atoms with van der Waals surface area (Å²) >= 11 is 0. The van der Waals surface area contributed by atoms with E-state index in [-0.39, 0.29) is 16.9 Å². The third kappa shape index (κ3) is 1.16. The van der Waals surface area contributed by atoms with Gasteiger partial charge in [-0.15, -0.1) is 6.42 Å². The molecule has 0 aromatic carbocycles. The van der Waals surface area contributed by atoms with Crippen LogP contribution in [0.1, 0.15) is 40.0 Å². The Bertz CT molecular complexity index is 339. The van der Waals surface area contributed by atoms with E-state index in [1.54, 1.807) is 0 Å². The van der Waals surface area contributed by atoms with E-state index in [4.69, 9.17) is 6.42 Å². The van der Waals surface area contributed by atoms with Crippen molar-refractivity contribution in [3.05, 3.63) is 0 Å². The molecule has 1 aliphatic heterocycles. The van der Waals surface area contributed by atoms with Crippen LogP contribution in [-0.2, 0) is 4.79 Å². The molecular formula is C13H19NO. The maximum atomic E-state index is 12.0. The van der Waals surface area contributed by atoms with Crippen LogP contribution in [0.4, 0.5) is 0 Å². The second-order valence-corrected chi connectivity index (χ2v) is 5.62. The van der Waals surface area contributed by atoms with Crippen LogP contribution in [-0.4, -0.2) is 22.9 Å². The van der Waals surface area contributed by atoms with E-state index in [1.165, 1.54) is 0 Å². The molecule has 2 atom stereocenters. The minimum Gasteiger partial charge on any atom is -0.326 e. The lowest BCUT2D eigenvalue weighted by atomic mass is 9.66. The first-order valence-electron chi connectivity index (χ1n) is 5.67. The van der Waals surface area contributed by atoms with Crippen LogP contribution in [0.2, 0.25) is 0 Å². The number of rotatable bonds is 1. The zero-order chi connectivity index (χ0) is 11.3. The van der Waals surface area contributed by atoms with Crippen LogP contribution in [0, 0.1) is 23.7 Å². The van der Waals surface area contributed by atoms with Gasteiger partial charge in [0.2, 0.25) is 5.91 Å². The monoisotopic (exact) mass is 205 g/mol. The fraction of sp³-hybridized carbons (Fsp3) is 0.769. The molecule has 2 nitrogen and oxygen atoms in total. The molecule has 1 amide bonds. The lowest BCUT2D eigenvalue weighted by Crippen LogP contribution is -2.60. The highest BCUT2D eigenvalue weighted by atomic mass is 16.2. The summed E-state index contributed by atoms with van der Waals surface area (Å²) < 4.78 is 0. The number of carbonyl (C=O) groups excluding carboxylic acids is 1. The fourth-order valence-electron chi connectivity index (χ4n) is 3.37. The molecule has 15 heavy (non-hydrogen) atoms. The fourth-order valence-corrected chi connectivity index (χ4v) is 3.37. The number of terminal acetylenes is 1. The molecule has 1 saturated heterocycles. The molecule has 2 bridgehead atoms. The maximum Gasteiger partial charge on any atom is 0.224 e. The van der Waals surface area contributed by atoms with Crippen molar-refractivity contribution in [3.8, 4) is 12.3 Å². The Kier molecular flexibility index (Phi) is 2.12. The molecule has 1 heterocycles. The average Bonchev–Trinajstić information content (AvgIpc) is 2.33. The molecule has 2 rings (SSSR count). The van der Waals surface area contributed by atoms with Crippen LogP contribution < -0.4 is 0 Å². The van der Waals surface area contributed by atoms with Gasteiger partial charge >= 0.3 is 0 Å². The molecular weight excluding hydrogens is 186 g/mol. The molecule has 2 unspecified atom stereocenters. The molecule has 0 spiro atoms. The zero-order valence-corrected chi connectivity index (χ0v) is 9.84. The Morgan fingerprint density at radius 1 is 1.53 bits per heavy atom. The van der Waals surface area contributed by atoms with Gasteiger partial charge in [-0.25, -0.2) is 0 Å². The molecule has 0 radical (unpaired) electrons. The Hall–Kier alpha value is -0.970. The van der Waals surface area contributed by atoms with Gasteiger partial charge in [-0.1, -0.05) is 19.8 Å². The molecule has 82 valence electrons. The molecule has 0 N–H and O–H groups in total. The minimum absolute atomic E-state index is 0.0284. The van der Waals surface area contributed by atoms with Crippen LogP contribution in [0.15, 0.2) is 0 Å². The average molecular weight is 205 g/mol. The van der Waals surface area contributed by atoms with Crippen molar-refractivity contribution in [1.82, 2.24) is 4.90 Å². The Morgan fingerprint density at radius 3 is 2.80 bits per heavy atom. The van der Waals surface area contributed by atoms with Crippen molar-refractivity contribution >= 4 is 5.91 Å². The lowest BCUT2D eigenvalue weighted by molar-refractivity contribution is -0.149. The van der Waals surface area contributed by atoms with E-state index < -0.39 is 0 Å². The third-order valence-electron chi connectivity index (χ3n) is 4.96. The smallest absolute Gasteiger partial charge is 0.224 e. The molecule has 2 fully saturated rings. The number of piperidine rings is 1. The van der Waals surface area contributed by atoms with Gasteiger partial charge in [0.15, 0.2) is 0 Å². The van der Waals surface area contributed by atoms with Crippen LogP contribution in [0.25, 0.3) is 0 Å². The number of hydrogen-bond donors (Lipinski definition) is 0. The number of hydrogen-bond acceptors (Lipinski definition) is 1. The predicted octanol–water partition coefficient (Wildman–Crippen LogP) is 2.05. The number of likely N-dealkylation sites (tertiary alicyclic amines) is 1. The van der Waals surface area contributed by atoms with E-state index in [0.29, 0.717) is 18.9 Å². The minimum atomic E-state index is -0.0284. The Balaban J connectivity index is 2.40. The van der Waals surface area contributed by atoms with Crippen molar-refractivity contribution < 1.29 is 4.79 Å². The molecule has 0 aromatic heterocycles. The summed E-state index contributed by atoms with van der Waals surface area (Å²) in [5.41, 5.74) is 0.178. The van der Waals surface area contributed by atoms with Crippen LogP contribution in [0.3, 0.4) is 0 Å². The first kappa shape index (κ1) is 10.5. The zero-order valence-electron chi connectivity index (χ0n) is 9.84. The molecule has 1 saturated carbocycles. The van der Waals surface area contributed by atoms with Crippen LogP contribution >= 0.6 is 0 Å². The van der Waals surface area contributed by atoms with Crippen molar-refractivity contribution in [1.29, 1.82) is 0 Å². The van der Waals surface area contributed by atoms with E-state index >= 15 is 0 Å². The maximum absolute atomic E-state index is 12.0. The lowest BCUT2D eigenvalue weighted by Gasteiger charge is -2.52. The highest BCUT2D eigenvalue weighted by Gasteiger charge is 2.59. The van der Waals surface area contributed by atoms with E-state index in [9.17, 15) is 4.79 Å². The van der Waals surface area contributed by atoms with Crippen molar-refractivity contribution in [3.63, 3.8) is 0 Å². The summed E-state index contributed by atoms with van der Waals surface area (Å²) in [7, 11) is 0. The predicted molar refractivity (Wildman–Crippen MR) is 60.1 cm³/mol. The molecule has 0 aromatic rings. The normalized spacial score (nSPS) is 37.9. The van der Waals surface area contributed by atoms with Crippen molar-refractivity contribution in [2.24, 2.45) is 11.3 Å². The van der Waals surface area contributed by atoms with Crippen molar-refractivity contribution in [2.45, 2.75) is 45.6 Å². The second-order valence-electron chi connectivity index (χ2n) is 5.62. The summed E-state index contributed by atoms with van der Waals surface area (Å²) in [5.74, 6) is 3.41. The van der Waals surface area contributed by atoms with Crippen LogP contribution in [0.5, 0.6) is 0 Å². The van der Waals surface area contributed by atoms with E-state index in [0.717, 1.165) is 12.8 Å². The summed E-state index contributed by atoms with van der Waals surface area (Å²) in [5, 5.41) is 0. The van der Waals surface area contributed by atoms with Gasteiger partial charge in [-0.2, -0.15) is 0 Å². The number of nitrogens with zero attached hydrogens (tertiary/aromatic N) is 1. The number of fused-ring (bicyclic) bond motifs is 2. The topological polar surface area (TPSA) is 20.3 Å². The van der Waals surface area contributed by atoms with E-state index in [2.05, 4.69) is 26.7 Å². The summed E-state index contributed by atoms with van der Waals surface area (Å²) in [6.45, 7) is 7.22. The van der Waals surface area contributed by atoms with Gasteiger partial charge in [-0.3, -0.25) is 4.79 Å².